The third-order valence-electron chi connectivity index (χ3n) is 6.19. The number of piperidine rings is 1. The molecule has 0 spiro atoms. The number of amides is 1. The summed E-state index contributed by atoms with van der Waals surface area (Å²) in [5.41, 5.74) is 0.734. The van der Waals surface area contributed by atoms with Gasteiger partial charge in [-0.05, 0) is 50.1 Å². The Labute approximate surface area is 202 Å². The lowest BCUT2D eigenvalue weighted by molar-refractivity contribution is -0.149. The largest absolute Gasteiger partial charge is 0.489 e. The summed E-state index contributed by atoms with van der Waals surface area (Å²) in [5, 5.41) is 0.647. The van der Waals surface area contributed by atoms with E-state index in [4.69, 9.17) is 9.47 Å². The molecule has 1 unspecified atom stereocenters. The number of halogens is 2. The number of carbonyl (C=O) groups is 2. The van der Waals surface area contributed by atoms with Crippen molar-refractivity contribution in [3.05, 3.63) is 78.0 Å². The van der Waals surface area contributed by atoms with Gasteiger partial charge in [-0.2, -0.15) is 0 Å². The van der Waals surface area contributed by atoms with Crippen molar-refractivity contribution in [2.45, 2.75) is 26.3 Å². The van der Waals surface area contributed by atoms with E-state index in [1.807, 2.05) is 0 Å². The molecule has 2 heterocycles. The second kappa shape index (κ2) is 10.7. The Hall–Kier alpha value is -3.68. The molecule has 8 heteroatoms. The molecule has 1 atom stereocenters. The normalized spacial score (nSPS) is 15.7. The summed E-state index contributed by atoms with van der Waals surface area (Å²) in [4.78, 5) is 27.6. The number of carbonyl (C=O) groups excluding carboxylic acids is 2. The van der Waals surface area contributed by atoms with E-state index in [-0.39, 0.29) is 49.4 Å². The standard InChI is InChI=1S/C27H28F2N2O4/c1-3-14-35-25-12-6-11-23-19(25)15-24(31(23)17-20-21(28)9-5-10-22(20)29)26(32)30-13-7-8-18(16-30)27(33)34-4-2/h3,5-6,9-12,15,18H,1,4,7-8,13-14,16-17H2,2H3. The molecular weight excluding hydrogens is 454 g/mol. The van der Waals surface area contributed by atoms with Gasteiger partial charge in [0.15, 0.2) is 0 Å². The number of benzene rings is 2. The van der Waals surface area contributed by atoms with Gasteiger partial charge in [-0.1, -0.05) is 24.8 Å². The van der Waals surface area contributed by atoms with Crippen LogP contribution in [0, 0.1) is 17.6 Å². The Morgan fingerprint density at radius 2 is 1.91 bits per heavy atom. The molecule has 35 heavy (non-hydrogen) atoms. The summed E-state index contributed by atoms with van der Waals surface area (Å²) in [5.74, 6) is -1.89. The smallest absolute Gasteiger partial charge is 0.310 e. The van der Waals surface area contributed by atoms with Crippen molar-refractivity contribution in [2.24, 2.45) is 5.92 Å². The predicted octanol–water partition coefficient (Wildman–Crippen LogP) is 4.95. The molecule has 1 aromatic heterocycles. The fourth-order valence-electron chi connectivity index (χ4n) is 4.50. The monoisotopic (exact) mass is 482 g/mol. The second-order valence-corrected chi connectivity index (χ2v) is 8.45. The zero-order valence-corrected chi connectivity index (χ0v) is 19.6. The maximum Gasteiger partial charge on any atom is 0.310 e. The molecule has 1 saturated heterocycles. The molecule has 1 fully saturated rings. The number of hydrogen-bond acceptors (Lipinski definition) is 4. The number of esters is 1. The zero-order valence-electron chi connectivity index (χ0n) is 19.6. The highest BCUT2D eigenvalue weighted by Crippen LogP contribution is 2.32. The summed E-state index contributed by atoms with van der Waals surface area (Å²) < 4.78 is 41.6. The molecule has 184 valence electrons. The van der Waals surface area contributed by atoms with E-state index in [1.54, 1.807) is 46.7 Å². The van der Waals surface area contributed by atoms with Gasteiger partial charge in [-0.25, -0.2) is 8.78 Å². The molecule has 1 aliphatic heterocycles. The first-order valence-electron chi connectivity index (χ1n) is 11.7. The summed E-state index contributed by atoms with van der Waals surface area (Å²) in [6.45, 7) is 6.48. The molecule has 1 aliphatic rings. The fourth-order valence-corrected chi connectivity index (χ4v) is 4.50. The van der Waals surface area contributed by atoms with Crippen molar-refractivity contribution >= 4 is 22.8 Å². The van der Waals surface area contributed by atoms with Gasteiger partial charge in [0.1, 0.15) is 29.7 Å². The molecule has 0 saturated carbocycles. The van der Waals surface area contributed by atoms with Crippen molar-refractivity contribution in [2.75, 3.05) is 26.3 Å². The molecule has 0 N–H and O–H groups in total. The van der Waals surface area contributed by atoms with Gasteiger partial charge >= 0.3 is 5.97 Å². The average Bonchev–Trinajstić information content (AvgIpc) is 3.23. The van der Waals surface area contributed by atoms with Crippen molar-refractivity contribution < 1.29 is 27.8 Å². The topological polar surface area (TPSA) is 60.8 Å². The summed E-state index contributed by atoms with van der Waals surface area (Å²) in [6.07, 6.45) is 2.91. The van der Waals surface area contributed by atoms with Crippen LogP contribution in [0.25, 0.3) is 10.9 Å². The van der Waals surface area contributed by atoms with Crippen molar-refractivity contribution in [1.29, 1.82) is 0 Å². The Bertz CT molecular complexity index is 1230. The maximum absolute atomic E-state index is 14.6. The molecule has 1 amide bonds. The quantitative estimate of drug-likeness (QED) is 0.337. The van der Waals surface area contributed by atoms with Crippen LogP contribution in [-0.4, -0.2) is 47.6 Å². The summed E-state index contributed by atoms with van der Waals surface area (Å²) in [7, 11) is 0. The number of rotatable bonds is 8. The molecule has 0 aliphatic carbocycles. The number of nitrogens with zero attached hydrogens (tertiary/aromatic N) is 2. The van der Waals surface area contributed by atoms with E-state index in [0.29, 0.717) is 36.0 Å². The molecule has 0 bridgehead atoms. The van der Waals surface area contributed by atoms with Crippen LogP contribution in [0.1, 0.15) is 35.8 Å². The minimum atomic E-state index is -0.690. The van der Waals surface area contributed by atoms with E-state index in [2.05, 4.69) is 6.58 Å². The van der Waals surface area contributed by atoms with Gasteiger partial charge in [0, 0.05) is 24.0 Å². The van der Waals surface area contributed by atoms with Gasteiger partial charge in [0.2, 0.25) is 0 Å². The Kier molecular flexibility index (Phi) is 7.48. The van der Waals surface area contributed by atoms with Crippen LogP contribution in [0.2, 0.25) is 0 Å². The number of ether oxygens (including phenoxy) is 2. The molecule has 6 nitrogen and oxygen atoms in total. The number of likely N-dealkylation sites (tertiary alicyclic amines) is 1. The molecule has 0 radical (unpaired) electrons. The minimum Gasteiger partial charge on any atom is -0.489 e. The fraction of sp³-hybridized carbons (Fsp3) is 0.333. The lowest BCUT2D eigenvalue weighted by atomic mass is 9.98. The van der Waals surface area contributed by atoms with E-state index < -0.39 is 17.6 Å². The van der Waals surface area contributed by atoms with Crippen LogP contribution in [-0.2, 0) is 16.1 Å². The first kappa shape index (κ1) is 24.4. The SMILES string of the molecule is C=CCOc1cccc2c1cc(C(=O)N1CCCC(C(=O)OCC)C1)n2Cc1c(F)cccc1F. The van der Waals surface area contributed by atoms with Crippen molar-refractivity contribution in [1.82, 2.24) is 9.47 Å². The van der Waals surface area contributed by atoms with Crippen molar-refractivity contribution in [3.8, 4) is 5.75 Å². The van der Waals surface area contributed by atoms with Crippen LogP contribution in [0.15, 0.2) is 55.1 Å². The molecular formula is C27H28F2N2O4. The highest BCUT2D eigenvalue weighted by atomic mass is 19.1. The highest BCUT2D eigenvalue weighted by molar-refractivity contribution is 6.00. The summed E-state index contributed by atoms with van der Waals surface area (Å²) >= 11 is 0. The van der Waals surface area contributed by atoms with Gasteiger partial charge in [0.05, 0.1) is 24.6 Å². The Morgan fingerprint density at radius 1 is 1.17 bits per heavy atom. The molecule has 2 aromatic carbocycles. The first-order chi connectivity index (χ1) is 16.9. The first-order valence-corrected chi connectivity index (χ1v) is 11.7. The van der Waals surface area contributed by atoms with Crippen LogP contribution in [0.4, 0.5) is 8.78 Å². The Morgan fingerprint density at radius 3 is 2.63 bits per heavy atom. The second-order valence-electron chi connectivity index (χ2n) is 8.45. The van der Waals surface area contributed by atoms with Gasteiger partial charge in [-0.3, -0.25) is 9.59 Å². The third-order valence-corrected chi connectivity index (χ3v) is 6.19. The minimum absolute atomic E-state index is 0.139. The third kappa shape index (κ3) is 5.06. The Balaban J connectivity index is 1.77. The average molecular weight is 483 g/mol. The predicted molar refractivity (Wildman–Crippen MR) is 128 cm³/mol. The molecule has 4 rings (SSSR count). The zero-order chi connectivity index (χ0) is 24.9. The highest BCUT2D eigenvalue weighted by Gasteiger charge is 2.32. The number of aromatic nitrogens is 1. The number of hydrogen-bond donors (Lipinski definition) is 0. The van der Waals surface area contributed by atoms with Crippen LogP contribution < -0.4 is 4.74 Å². The maximum atomic E-state index is 14.6. The molecule has 3 aromatic rings. The van der Waals surface area contributed by atoms with Crippen LogP contribution >= 0.6 is 0 Å². The van der Waals surface area contributed by atoms with Crippen LogP contribution in [0.5, 0.6) is 5.75 Å². The van der Waals surface area contributed by atoms with Crippen molar-refractivity contribution in [3.63, 3.8) is 0 Å². The van der Waals surface area contributed by atoms with E-state index in [9.17, 15) is 18.4 Å². The van der Waals surface area contributed by atoms with Gasteiger partial charge in [0.25, 0.3) is 5.91 Å². The van der Waals surface area contributed by atoms with Gasteiger partial charge < -0.3 is 18.9 Å². The van der Waals surface area contributed by atoms with Crippen LogP contribution in [0.3, 0.4) is 0 Å². The van der Waals surface area contributed by atoms with Gasteiger partial charge in [-0.15, -0.1) is 0 Å². The van der Waals surface area contributed by atoms with E-state index >= 15 is 0 Å². The van der Waals surface area contributed by atoms with E-state index in [1.165, 1.54) is 18.2 Å². The van der Waals surface area contributed by atoms with E-state index in [0.717, 1.165) is 0 Å². The summed E-state index contributed by atoms with van der Waals surface area (Å²) in [6, 6.07) is 10.7. The lowest BCUT2D eigenvalue weighted by Gasteiger charge is -2.31. The lowest BCUT2D eigenvalue weighted by Crippen LogP contribution is -2.43. The number of fused-ring (bicyclic) bond motifs is 1.